The Bertz CT molecular complexity index is 1620. The van der Waals surface area contributed by atoms with Crippen molar-refractivity contribution in [2.75, 3.05) is 19.0 Å². The second-order valence-corrected chi connectivity index (χ2v) is 10.3. The molecule has 1 N–H and O–H groups in total. The summed E-state index contributed by atoms with van der Waals surface area (Å²) >= 11 is 9.93. The Kier molecular flexibility index (Phi) is 9.04. The van der Waals surface area contributed by atoms with E-state index in [1.807, 2.05) is 57.2 Å². The van der Waals surface area contributed by atoms with Crippen LogP contribution in [-0.2, 0) is 4.79 Å². The monoisotopic (exact) mass is 610 g/mol. The molecule has 4 aromatic rings. The van der Waals surface area contributed by atoms with Gasteiger partial charge in [-0.3, -0.25) is 9.59 Å². The smallest absolute Gasteiger partial charge is 0.282 e. The van der Waals surface area contributed by atoms with Gasteiger partial charge in [-0.2, -0.15) is 9.78 Å². The van der Waals surface area contributed by atoms with Gasteiger partial charge in [0.25, 0.3) is 11.5 Å². The molecule has 0 aliphatic heterocycles. The van der Waals surface area contributed by atoms with E-state index in [0.717, 1.165) is 16.5 Å². The number of para-hydroxylation sites is 1. The highest BCUT2D eigenvalue weighted by Crippen LogP contribution is 2.36. The third kappa shape index (κ3) is 6.49. The van der Waals surface area contributed by atoms with Crippen molar-refractivity contribution in [3.63, 3.8) is 0 Å². The number of hydrogen-bond donors (Lipinski definition) is 1. The number of aryl methyl sites for hydroxylation is 1. The minimum Gasteiger partial charge on any atom is -0.493 e. The molecule has 1 heterocycles. The molecule has 0 saturated carbocycles. The molecule has 39 heavy (non-hydrogen) atoms. The van der Waals surface area contributed by atoms with Crippen molar-refractivity contribution in [1.29, 1.82) is 0 Å². The predicted molar refractivity (Wildman–Crippen MR) is 159 cm³/mol. The Morgan fingerprint density at radius 1 is 1.23 bits per heavy atom. The van der Waals surface area contributed by atoms with Gasteiger partial charge < -0.3 is 14.8 Å². The first-order valence-corrected chi connectivity index (χ1v) is 13.5. The van der Waals surface area contributed by atoms with Crippen LogP contribution in [0, 0.1) is 6.92 Å². The molecule has 1 aromatic heterocycles. The molecule has 8 nitrogen and oxygen atoms in total. The molecule has 0 spiro atoms. The Hall–Kier alpha value is -3.69. The lowest BCUT2D eigenvalue weighted by atomic mass is 10.1. The van der Waals surface area contributed by atoms with E-state index < -0.39 is 0 Å². The Labute approximate surface area is 239 Å². The van der Waals surface area contributed by atoms with E-state index in [0.29, 0.717) is 33.7 Å². The zero-order chi connectivity index (χ0) is 28.1. The number of rotatable bonds is 9. The molecule has 10 heteroatoms. The second-order valence-electron chi connectivity index (χ2n) is 8.99. The maximum absolute atomic E-state index is 13.4. The number of nitrogens with zero attached hydrogens (tertiary/aromatic N) is 3. The fourth-order valence-corrected chi connectivity index (χ4v) is 4.53. The SMILES string of the molecule is CC[C@@H](C)c1nc2ccc(Br)cc2c(=O)n1N=Cc1cc(Cl)c(OCC(=O)Nc2ccccc2C)c(OC)c1. The topological polar surface area (TPSA) is 94.8 Å². The lowest BCUT2D eigenvalue weighted by Gasteiger charge is -2.15. The summed E-state index contributed by atoms with van der Waals surface area (Å²) in [7, 11) is 1.48. The summed E-state index contributed by atoms with van der Waals surface area (Å²) in [5.74, 6) is 0.781. The molecule has 3 aromatic carbocycles. The third-order valence-corrected chi connectivity index (χ3v) is 7.00. The molecule has 0 aliphatic carbocycles. The van der Waals surface area contributed by atoms with Crippen molar-refractivity contribution in [2.24, 2.45) is 5.10 Å². The van der Waals surface area contributed by atoms with Gasteiger partial charge in [-0.15, -0.1) is 0 Å². The van der Waals surface area contributed by atoms with Gasteiger partial charge in [0.2, 0.25) is 0 Å². The zero-order valence-corrected chi connectivity index (χ0v) is 24.3. The van der Waals surface area contributed by atoms with Crippen molar-refractivity contribution in [2.45, 2.75) is 33.1 Å². The van der Waals surface area contributed by atoms with Gasteiger partial charge in [0, 0.05) is 16.1 Å². The van der Waals surface area contributed by atoms with Gasteiger partial charge in [-0.25, -0.2) is 4.98 Å². The first-order chi connectivity index (χ1) is 18.7. The molecule has 0 bridgehead atoms. The lowest BCUT2D eigenvalue weighted by molar-refractivity contribution is -0.118. The molecule has 0 unspecified atom stereocenters. The third-order valence-electron chi connectivity index (χ3n) is 6.23. The number of amides is 1. The zero-order valence-electron chi connectivity index (χ0n) is 22.0. The standard InChI is InChI=1S/C29H28BrClN4O4/c1-5-17(2)28-34-24-11-10-20(30)14-21(24)29(37)35(28)32-15-19-12-22(31)27(25(13-19)38-4)39-16-26(36)33-23-9-7-6-8-18(23)3/h6-15,17H,5,16H2,1-4H3,(H,33,36)/t17-/m1/s1. The van der Waals surface area contributed by atoms with Crippen LogP contribution in [0.2, 0.25) is 5.02 Å². The van der Waals surface area contributed by atoms with Crippen molar-refractivity contribution in [1.82, 2.24) is 9.66 Å². The fraction of sp³-hybridized carbons (Fsp3) is 0.241. The highest BCUT2D eigenvalue weighted by atomic mass is 79.9. The minimum atomic E-state index is -0.333. The number of methoxy groups -OCH3 is 1. The molecule has 4 rings (SSSR count). The van der Waals surface area contributed by atoms with Crippen LogP contribution in [0.15, 0.2) is 69.0 Å². The van der Waals surface area contributed by atoms with Gasteiger partial charge >= 0.3 is 0 Å². The lowest BCUT2D eigenvalue weighted by Crippen LogP contribution is -2.23. The van der Waals surface area contributed by atoms with Crippen LogP contribution in [0.5, 0.6) is 11.5 Å². The summed E-state index contributed by atoms with van der Waals surface area (Å²) in [4.78, 5) is 30.5. The Balaban J connectivity index is 1.61. The highest BCUT2D eigenvalue weighted by Gasteiger charge is 2.17. The summed E-state index contributed by atoms with van der Waals surface area (Å²) in [5, 5.41) is 7.99. The number of ether oxygens (including phenoxy) is 2. The van der Waals surface area contributed by atoms with E-state index in [-0.39, 0.29) is 34.8 Å². The van der Waals surface area contributed by atoms with Crippen LogP contribution in [-0.4, -0.2) is 35.5 Å². The number of anilines is 1. The van der Waals surface area contributed by atoms with Crippen LogP contribution in [0.3, 0.4) is 0 Å². The van der Waals surface area contributed by atoms with E-state index in [4.69, 9.17) is 26.1 Å². The van der Waals surface area contributed by atoms with Crippen LogP contribution < -0.4 is 20.3 Å². The number of nitrogens with one attached hydrogen (secondary N) is 1. The van der Waals surface area contributed by atoms with Crippen LogP contribution in [0.25, 0.3) is 10.9 Å². The maximum atomic E-state index is 13.4. The molecule has 202 valence electrons. The van der Waals surface area contributed by atoms with Crippen molar-refractivity contribution < 1.29 is 14.3 Å². The molecule has 1 amide bonds. The fourth-order valence-electron chi connectivity index (χ4n) is 3.90. The second kappa shape index (κ2) is 12.4. The summed E-state index contributed by atoms with van der Waals surface area (Å²) < 4.78 is 13.3. The average molecular weight is 612 g/mol. The van der Waals surface area contributed by atoms with Gasteiger partial charge in [0.1, 0.15) is 5.82 Å². The normalized spacial score (nSPS) is 12.1. The number of carbonyl (C=O) groups excluding carboxylic acids is 1. The molecule has 0 aliphatic rings. The van der Waals surface area contributed by atoms with Crippen LogP contribution in [0.4, 0.5) is 5.69 Å². The van der Waals surface area contributed by atoms with Crippen LogP contribution in [0.1, 0.15) is 43.1 Å². The van der Waals surface area contributed by atoms with Crippen molar-refractivity contribution >= 4 is 56.2 Å². The minimum absolute atomic E-state index is 0.00242. The van der Waals surface area contributed by atoms with Crippen molar-refractivity contribution in [3.05, 3.63) is 91.4 Å². The first kappa shape index (κ1) is 28.3. The molecule has 0 fully saturated rings. The van der Waals surface area contributed by atoms with E-state index in [1.54, 1.807) is 18.2 Å². The van der Waals surface area contributed by atoms with E-state index >= 15 is 0 Å². The molecular weight excluding hydrogens is 584 g/mol. The Morgan fingerprint density at radius 2 is 2.00 bits per heavy atom. The van der Waals surface area contributed by atoms with Gasteiger partial charge in [-0.05, 0) is 60.9 Å². The first-order valence-electron chi connectivity index (χ1n) is 12.3. The molecule has 0 saturated heterocycles. The quantitative estimate of drug-likeness (QED) is 0.217. The Morgan fingerprint density at radius 3 is 2.72 bits per heavy atom. The average Bonchev–Trinajstić information content (AvgIpc) is 2.92. The number of carbonyl (C=O) groups is 1. The molecule has 1 atom stereocenters. The summed E-state index contributed by atoms with van der Waals surface area (Å²) in [5.41, 5.74) is 2.56. The number of halogens is 2. The molecule has 0 radical (unpaired) electrons. The molecular formula is C29H28BrClN4O4. The number of fused-ring (bicyclic) bond motifs is 1. The highest BCUT2D eigenvalue weighted by molar-refractivity contribution is 9.10. The number of benzene rings is 3. The predicted octanol–water partition coefficient (Wildman–Crippen LogP) is 6.54. The largest absolute Gasteiger partial charge is 0.493 e. The van der Waals surface area contributed by atoms with Crippen LogP contribution >= 0.6 is 27.5 Å². The van der Waals surface area contributed by atoms with E-state index in [1.165, 1.54) is 18.0 Å². The van der Waals surface area contributed by atoms with E-state index in [9.17, 15) is 9.59 Å². The summed E-state index contributed by atoms with van der Waals surface area (Å²) in [6, 6.07) is 16.2. The number of hydrogen-bond acceptors (Lipinski definition) is 6. The van der Waals surface area contributed by atoms with Gasteiger partial charge in [-0.1, -0.05) is 59.6 Å². The summed E-state index contributed by atoms with van der Waals surface area (Å²) in [6.07, 6.45) is 2.30. The van der Waals surface area contributed by atoms with Gasteiger partial charge in [0.15, 0.2) is 18.1 Å². The van der Waals surface area contributed by atoms with E-state index in [2.05, 4.69) is 26.3 Å². The number of aromatic nitrogens is 2. The van der Waals surface area contributed by atoms with Gasteiger partial charge in [0.05, 0.1) is 29.2 Å². The maximum Gasteiger partial charge on any atom is 0.282 e. The van der Waals surface area contributed by atoms with Crippen molar-refractivity contribution in [3.8, 4) is 11.5 Å². The summed E-state index contributed by atoms with van der Waals surface area (Å²) in [6.45, 7) is 5.68.